The summed E-state index contributed by atoms with van der Waals surface area (Å²) in [6.45, 7) is 2.06. The minimum atomic E-state index is -0.305. The summed E-state index contributed by atoms with van der Waals surface area (Å²) in [5.74, 6) is 0. The third kappa shape index (κ3) is 1.77. The van der Waals surface area contributed by atoms with Crippen LogP contribution in [0.1, 0.15) is 5.56 Å². The van der Waals surface area contributed by atoms with Crippen LogP contribution in [0.4, 0.5) is 0 Å². The average Bonchev–Trinajstić information content (AvgIpc) is 2.86. The largest absolute Gasteiger partial charge is 0.383 e. The van der Waals surface area contributed by atoms with Gasteiger partial charge in [0.2, 0.25) is 5.52 Å². The molecule has 0 radical (unpaired) electrons. The van der Waals surface area contributed by atoms with Crippen LogP contribution < -0.4 is 10.2 Å². The Kier molecular flexibility index (Phi) is 2.66. The number of hydrogen-bond donors (Lipinski definition) is 0. The van der Waals surface area contributed by atoms with Crippen molar-refractivity contribution in [3.63, 3.8) is 0 Å². The van der Waals surface area contributed by atoms with Crippen LogP contribution in [-0.2, 0) is 7.05 Å². The molecule has 0 aliphatic carbocycles. The summed E-state index contributed by atoms with van der Waals surface area (Å²) in [4.78, 5) is 12.1. The first kappa shape index (κ1) is 12.8. The maximum absolute atomic E-state index is 12.1. The van der Waals surface area contributed by atoms with Gasteiger partial charge in [-0.3, -0.25) is 0 Å². The van der Waals surface area contributed by atoms with Gasteiger partial charge in [0, 0.05) is 5.39 Å². The van der Waals surface area contributed by atoms with Crippen molar-refractivity contribution in [1.82, 2.24) is 4.57 Å². The molecule has 4 heteroatoms. The third-order valence-corrected chi connectivity index (χ3v) is 3.96. The van der Waals surface area contributed by atoms with E-state index in [4.69, 9.17) is 4.42 Å². The second kappa shape index (κ2) is 4.56. The molecule has 4 nitrogen and oxygen atoms in total. The predicted octanol–water partition coefficient (Wildman–Crippen LogP) is 2.87. The van der Waals surface area contributed by atoms with Gasteiger partial charge in [-0.15, -0.1) is 0 Å². The maximum atomic E-state index is 12.1. The van der Waals surface area contributed by atoms with E-state index in [2.05, 4.69) is 35.8 Å². The van der Waals surface area contributed by atoms with Gasteiger partial charge in [-0.1, -0.05) is 29.8 Å². The third-order valence-electron chi connectivity index (χ3n) is 3.96. The number of nitrogens with zero attached hydrogens (tertiary/aromatic N) is 2. The Labute approximate surface area is 126 Å². The summed E-state index contributed by atoms with van der Waals surface area (Å²) in [7, 11) is 1.88. The highest BCUT2D eigenvalue weighted by atomic mass is 16.4. The lowest BCUT2D eigenvalue weighted by Gasteiger charge is -2.00. The standard InChI is InChI=1S/C18H15N2O2/c1-12-7-9-13(10-8-12)20-11-19(2)17-16(20)14-5-3-4-6-15(14)18(21)22-17/h3-11H,1-2H3/q+1. The molecule has 0 spiro atoms. The molecule has 0 atom stereocenters. The van der Waals surface area contributed by atoms with Crippen molar-refractivity contribution in [3.05, 3.63) is 70.8 Å². The fourth-order valence-corrected chi connectivity index (χ4v) is 2.83. The van der Waals surface area contributed by atoms with Gasteiger partial charge in [-0.25, -0.2) is 9.36 Å². The van der Waals surface area contributed by atoms with E-state index in [0.717, 1.165) is 16.6 Å². The molecule has 0 fully saturated rings. The fourth-order valence-electron chi connectivity index (χ4n) is 2.83. The molecule has 0 aliphatic heterocycles. The molecule has 0 bridgehead atoms. The van der Waals surface area contributed by atoms with Crippen molar-refractivity contribution in [3.8, 4) is 5.69 Å². The summed E-state index contributed by atoms with van der Waals surface area (Å²) < 4.78 is 9.41. The molecule has 108 valence electrons. The van der Waals surface area contributed by atoms with E-state index < -0.39 is 0 Å². The minimum absolute atomic E-state index is 0.305. The summed E-state index contributed by atoms with van der Waals surface area (Å²) in [6, 6.07) is 15.8. The predicted molar refractivity (Wildman–Crippen MR) is 85.2 cm³/mol. The molecule has 2 aromatic heterocycles. The van der Waals surface area contributed by atoms with Crippen LogP contribution in [0.2, 0.25) is 0 Å². The summed E-state index contributed by atoms with van der Waals surface area (Å²) in [5.41, 5.74) is 3.42. The van der Waals surface area contributed by atoms with E-state index >= 15 is 0 Å². The molecule has 4 aromatic rings. The van der Waals surface area contributed by atoms with Crippen molar-refractivity contribution in [2.75, 3.05) is 0 Å². The average molecular weight is 291 g/mol. The lowest BCUT2D eigenvalue weighted by Crippen LogP contribution is -2.26. The van der Waals surface area contributed by atoms with Crippen molar-refractivity contribution in [2.45, 2.75) is 6.92 Å². The highest BCUT2D eigenvalue weighted by molar-refractivity contribution is 6.00. The number of aromatic nitrogens is 2. The molecule has 2 heterocycles. The zero-order chi connectivity index (χ0) is 15.3. The van der Waals surface area contributed by atoms with Crippen LogP contribution in [0.3, 0.4) is 0 Å². The van der Waals surface area contributed by atoms with Crippen molar-refractivity contribution in [2.24, 2.45) is 7.05 Å². The highest BCUT2D eigenvalue weighted by Gasteiger charge is 2.22. The number of hydrogen-bond acceptors (Lipinski definition) is 2. The van der Waals surface area contributed by atoms with Gasteiger partial charge in [0.15, 0.2) is 0 Å². The van der Waals surface area contributed by atoms with E-state index in [9.17, 15) is 4.79 Å². The van der Waals surface area contributed by atoms with Crippen LogP contribution in [0, 0.1) is 6.92 Å². The molecule has 2 aromatic carbocycles. The molecule has 0 saturated carbocycles. The van der Waals surface area contributed by atoms with Gasteiger partial charge in [-0.2, -0.15) is 4.57 Å². The minimum Gasteiger partial charge on any atom is -0.383 e. The van der Waals surface area contributed by atoms with Gasteiger partial charge in [0.25, 0.3) is 6.33 Å². The lowest BCUT2D eigenvalue weighted by molar-refractivity contribution is -0.652. The zero-order valence-electron chi connectivity index (χ0n) is 12.4. The molecule has 22 heavy (non-hydrogen) atoms. The van der Waals surface area contributed by atoms with Crippen LogP contribution >= 0.6 is 0 Å². The Bertz CT molecular complexity index is 1060. The second-order valence-electron chi connectivity index (χ2n) is 5.52. The van der Waals surface area contributed by atoms with E-state index in [1.54, 1.807) is 6.07 Å². The van der Waals surface area contributed by atoms with Crippen LogP contribution in [0.25, 0.3) is 27.7 Å². The quantitative estimate of drug-likeness (QED) is 0.506. The Balaban J connectivity index is 2.18. The summed E-state index contributed by atoms with van der Waals surface area (Å²) in [6.07, 6.45) is 1.94. The maximum Gasteiger partial charge on any atom is 0.347 e. The van der Waals surface area contributed by atoms with Crippen LogP contribution in [0.5, 0.6) is 0 Å². The molecule has 4 rings (SSSR count). The van der Waals surface area contributed by atoms with Gasteiger partial charge in [0.1, 0.15) is 5.69 Å². The van der Waals surface area contributed by atoms with Gasteiger partial charge < -0.3 is 4.42 Å². The van der Waals surface area contributed by atoms with Gasteiger partial charge in [-0.05, 0) is 31.2 Å². The molecular formula is C18H15N2O2+. The Hall–Kier alpha value is -2.88. The number of fused-ring (bicyclic) bond motifs is 3. The molecular weight excluding hydrogens is 276 g/mol. The van der Waals surface area contributed by atoms with Crippen LogP contribution in [0.15, 0.2) is 64.1 Å². The smallest absolute Gasteiger partial charge is 0.347 e. The molecule has 0 aliphatic rings. The Morgan fingerprint density at radius 2 is 1.68 bits per heavy atom. The fraction of sp³-hybridized carbons (Fsp3) is 0.111. The zero-order valence-corrected chi connectivity index (χ0v) is 12.4. The van der Waals surface area contributed by atoms with E-state index in [1.165, 1.54) is 5.56 Å². The van der Waals surface area contributed by atoms with Crippen molar-refractivity contribution >= 4 is 22.0 Å². The first-order chi connectivity index (χ1) is 10.6. The van der Waals surface area contributed by atoms with E-state index in [1.807, 2.05) is 36.1 Å². The first-order valence-corrected chi connectivity index (χ1v) is 7.15. The number of imidazole rings is 1. The monoisotopic (exact) mass is 291 g/mol. The Morgan fingerprint density at radius 3 is 2.41 bits per heavy atom. The second-order valence-corrected chi connectivity index (χ2v) is 5.52. The molecule has 0 unspecified atom stereocenters. The summed E-state index contributed by atoms with van der Waals surface area (Å²) in [5, 5.41) is 1.50. The lowest BCUT2D eigenvalue weighted by atomic mass is 10.1. The number of benzene rings is 2. The van der Waals surface area contributed by atoms with Gasteiger partial charge >= 0.3 is 11.3 Å². The summed E-state index contributed by atoms with van der Waals surface area (Å²) >= 11 is 0. The van der Waals surface area contributed by atoms with Crippen molar-refractivity contribution in [1.29, 1.82) is 0 Å². The SMILES string of the molecule is Cc1ccc(-n2c[n+](C)c3oc(=O)c4ccccc4c32)cc1. The van der Waals surface area contributed by atoms with E-state index in [0.29, 0.717) is 11.1 Å². The van der Waals surface area contributed by atoms with Crippen LogP contribution in [-0.4, -0.2) is 4.57 Å². The normalized spacial score (nSPS) is 11.4. The van der Waals surface area contributed by atoms with Gasteiger partial charge in [0.05, 0.1) is 12.4 Å². The number of rotatable bonds is 1. The number of aryl methyl sites for hydroxylation is 2. The topological polar surface area (TPSA) is 39.0 Å². The Morgan fingerprint density at radius 1 is 1.00 bits per heavy atom. The first-order valence-electron chi connectivity index (χ1n) is 7.15. The molecule has 0 amide bonds. The molecule has 0 N–H and O–H groups in total. The van der Waals surface area contributed by atoms with Crippen molar-refractivity contribution < 1.29 is 8.98 Å². The molecule has 0 saturated heterocycles. The van der Waals surface area contributed by atoms with E-state index in [-0.39, 0.29) is 5.63 Å². The highest BCUT2D eigenvalue weighted by Crippen LogP contribution is 2.24.